The van der Waals surface area contributed by atoms with Gasteiger partial charge in [0.1, 0.15) is 6.10 Å². The molecule has 4 heteroatoms. The van der Waals surface area contributed by atoms with Crippen molar-refractivity contribution in [2.75, 3.05) is 4.90 Å². The molecule has 0 saturated heterocycles. The van der Waals surface area contributed by atoms with Crippen LogP contribution in [-0.4, -0.2) is 24.0 Å². The van der Waals surface area contributed by atoms with Crippen molar-refractivity contribution in [2.45, 2.75) is 31.4 Å². The molecule has 0 aromatic heterocycles. The minimum absolute atomic E-state index is 0.00632. The Morgan fingerprint density at radius 2 is 1.74 bits per heavy atom. The number of esters is 1. The quantitative estimate of drug-likeness (QED) is 0.801. The van der Waals surface area contributed by atoms with E-state index in [4.69, 9.17) is 4.74 Å². The van der Waals surface area contributed by atoms with Crippen molar-refractivity contribution < 1.29 is 14.3 Å². The Morgan fingerprint density at radius 3 is 2.48 bits per heavy atom. The second kappa shape index (κ2) is 5.23. The number of amides is 1. The molecule has 0 bridgehead atoms. The number of nitrogens with zero attached hydrogens (tertiary/aromatic N) is 1. The van der Waals surface area contributed by atoms with E-state index in [1.54, 1.807) is 0 Å². The first-order valence-electron chi connectivity index (χ1n) is 7.81. The fourth-order valence-corrected chi connectivity index (χ4v) is 3.74. The number of carbonyl (C=O) groups excluding carboxylic acids is 2. The summed E-state index contributed by atoms with van der Waals surface area (Å²) in [6.45, 7) is 1.43. The second-order valence-electron chi connectivity index (χ2n) is 6.08. The largest absolute Gasteiger partial charge is 0.462 e. The highest BCUT2D eigenvalue weighted by molar-refractivity contribution is 6.08. The zero-order valence-electron chi connectivity index (χ0n) is 12.8. The molecular weight excluding hydrogens is 290 g/mol. The summed E-state index contributed by atoms with van der Waals surface area (Å²) in [5, 5.41) is 0. The number of hydrogen-bond donors (Lipinski definition) is 0. The van der Waals surface area contributed by atoms with Gasteiger partial charge in [-0.05, 0) is 23.8 Å². The summed E-state index contributed by atoms with van der Waals surface area (Å²) in [6, 6.07) is 17.3. The Hall–Kier alpha value is -2.62. The monoisotopic (exact) mass is 307 g/mol. The Bertz CT molecular complexity index is 771. The molecule has 1 heterocycles. The minimum Gasteiger partial charge on any atom is -0.462 e. The molecular formula is C19H17NO3. The number of anilines is 1. The lowest BCUT2D eigenvalue weighted by atomic mass is 9.74. The molecule has 23 heavy (non-hydrogen) atoms. The van der Waals surface area contributed by atoms with Gasteiger partial charge in [-0.25, -0.2) is 0 Å². The number of hydrogen-bond acceptors (Lipinski definition) is 3. The predicted octanol–water partition coefficient (Wildman–Crippen LogP) is 3.13. The van der Waals surface area contributed by atoms with Gasteiger partial charge in [0.05, 0.1) is 6.04 Å². The molecule has 4 nitrogen and oxygen atoms in total. The first-order chi connectivity index (χ1) is 11.2. The standard InChI is InChI=1S/C19H17NO3/c1-12(21)23-17-11-16-18(17)14-9-5-6-10-15(14)20(16)19(22)13-7-3-2-4-8-13/h2-10,16-18H,11H2,1H3/t16-,17?,18-/m0/s1. The van der Waals surface area contributed by atoms with Gasteiger partial charge in [0.2, 0.25) is 0 Å². The highest BCUT2D eigenvalue weighted by atomic mass is 16.5. The molecule has 1 unspecified atom stereocenters. The summed E-state index contributed by atoms with van der Waals surface area (Å²) in [5.74, 6) is -0.173. The van der Waals surface area contributed by atoms with Crippen molar-refractivity contribution in [3.05, 3.63) is 65.7 Å². The van der Waals surface area contributed by atoms with E-state index in [0.717, 1.165) is 11.3 Å². The van der Waals surface area contributed by atoms with Gasteiger partial charge in [-0.15, -0.1) is 0 Å². The van der Waals surface area contributed by atoms with Gasteiger partial charge in [-0.2, -0.15) is 0 Å². The third kappa shape index (κ3) is 2.13. The number of carbonyl (C=O) groups is 2. The van der Waals surface area contributed by atoms with Crippen LogP contribution in [0.5, 0.6) is 0 Å². The van der Waals surface area contributed by atoms with Crippen LogP contribution in [0.2, 0.25) is 0 Å². The van der Waals surface area contributed by atoms with Crippen molar-refractivity contribution in [3.8, 4) is 0 Å². The Kier molecular flexibility index (Phi) is 3.18. The van der Waals surface area contributed by atoms with Crippen LogP contribution in [0, 0.1) is 0 Å². The average molecular weight is 307 g/mol. The number of fused-ring (bicyclic) bond motifs is 3. The lowest BCUT2D eigenvalue weighted by Gasteiger charge is -2.42. The van der Waals surface area contributed by atoms with Crippen molar-refractivity contribution >= 4 is 17.6 Å². The SMILES string of the molecule is CC(=O)OC1C[C@H]2[C@@H]1c1ccccc1N2C(=O)c1ccccc1. The molecule has 4 rings (SSSR count). The van der Waals surface area contributed by atoms with Crippen molar-refractivity contribution in [3.63, 3.8) is 0 Å². The van der Waals surface area contributed by atoms with Gasteiger partial charge < -0.3 is 9.64 Å². The topological polar surface area (TPSA) is 46.6 Å². The minimum atomic E-state index is -0.265. The molecule has 1 aliphatic heterocycles. The average Bonchev–Trinajstić information content (AvgIpc) is 2.81. The smallest absolute Gasteiger partial charge is 0.302 e. The normalized spacial score (nSPS) is 24.4. The van der Waals surface area contributed by atoms with E-state index in [9.17, 15) is 9.59 Å². The molecule has 116 valence electrons. The second-order valence-corrected chi connectivity index (χ2v) is 6.08. The summed E-state index contributed by atoms with van der Waals surface area (Å²) in [4.78, 5) is 26.1. The fourth-order valence-electron chi connectivity index (χ4n) is 3.74. The van der Waals surface area contributed by atoms with Gasteiger partial charge in [-0.1, -0.05) is 36.4 Å². The first-order valence-corrected chi connectivity index (χ1v) is 7.81. The number of para-hydroxylation sites is 1. The van der Waals surface area contributed by atoms with E-state index in [1.807, 2.05) is 59.5 Å². The van der Waals surface area contributed by atoms with E-state index >= 15 is 0 Å². The lowest BCUT2D eigenvalue weighted by Crippen LogP contribution is -2.52. The van der Waals surface area contributed by atoms with E-state index in [2.05, 4.69) is 0 Å². The lowest BCUT2D eigenvalue weighted by molar-refractivity contribution is -0.152. The molecule has 2 aromatic rings. The van der Waals surface area contributed by atoms with Crippen molar-refractivity contribution in [1.29, 1.82) is 0 Å². The summed E-state index contributed by atoms with van der Waals surface area (Å²) in [6.07, 6.45) is 0.560. The van der Waals surface area contributed by atoms with Crippen LogP contribution >= 0.6 is 0 Å². The van der Waals surface area contributed by atoms with Crippen molar-refractivity contribution in [1.82, 2.24) is 0 Å². The Balaban J connectivity index is 1.70. The van der Waals surface area contributed by atoms with Crippen LogP contribution < -0.4 is 4.90 Å². The summed E-state index contributed by atoms with van der Waals surface area (Å²) in [5.41, 5.74) is 2.71. The summed E-state index contributed by atoms with van der Waals surface area (Å²) in [7, 11) is 0. The molecule has 2 aliphatic rings. The van der Waals surface area contributed by atoms with Crippen LogP contribution in [0.4, 0.5) is 5.69 Å². The number of ether oxygens (including phenoxy) is 1. The highest BCUT2D eigenvalue weighted by Crippen LogP contribution is 2.53. The third-order valence-corrected chi connectivity index (χ3v) is 4.73. The highest BCUT2D eigenvalue weighted by Gasteiger charge is 2.54. The Labute approximate surface area is 134 Å². The van der Waals surface area contributed by atoms with Gasteiger partial charge in [0.15, 0.2) is 0 Å². The van der Waals surface area contributed by atoms with Crippen LogP contribution in [0.1, 0.15) is 35.2 Å². The van der Waals surface area contributed by atoms with Crippen LogP contribution in [0.15, 0.2) is 54.6 Å². The van der Waals surface area contributed by atoms with Crippen molar-refractivity contribution in [2.24, 2.45) is 0 Å². The molecule has 3 atom stereocenters. The van der Waals surface area contributed by atoms with Gasteiger partial charge in [0, 0.05) is 30.5 Å². The van der Waals surface area contributed by atoms with Gasteiger partial charge >= 0.3 is 5.97 Å². The van der Waals surface area contributed by atoms with Crippen LogP contribution in [0.25, 0.3) is 0 Å². The summed E-state index contributed by atoms with van der Waals surface area (Å²) < 4.78 is 5.41. The molecule has 1 fully saturated rings. The maximum absolute atomic E-state index is 12.9. The molecule has 0 N–H and O–H groups in total. The fraction of sp³-hybridized carbons (Fsp3) is 0.263. The molecule has 0 radical (unpaired) electrons. The molecule has 0 spiro atoms. The van der Waals surface area contributed by atoms with Crippen LogP contribution in [0.3, 0.4) is 0 Å². The van der Waals surface area contributed by atoms with E-state index in [0.29, 0.717) is 12.0 Å². The molecule has 2 aromatic carbocycles. The Morgan fingerprint density at radius 1 is 1.04 bits per heavy atom. The first kappa shape index (κ1) is 14.0. The molecule has 1 aliphatic carbocycles. The molecule has 1 amide bonds. The maximum Gasteiger partial charge on any atom is 0.302 e. The third-order valence-electron chi connectivity index (χ3n) is 4.73. The van der Waals surface area contributed by atoms with Gasteiger partial charge in [0.25, 0.3) is 5.91 Å². The predicted molar refractivity (Wildman–Crippen MR) is 86.4 cm³/mol. The number of benzene rings is 2. The van der Waals surface area contributed by atoms with E-state index in [1.165, 1.54) is 6.92 Å². The van der Waals surface area contributed by atoms with Gasteiger partial charge in [-0.3, -0.25) is 9.59 Å². The number of rotatable bonds is 2. The zero-order valence-corrected chi connectivity index (χ0v) is 12.8. The maximum atomic E-state index is 12.9. The van der Waals surface area contributed by atoms with Crippen LogP contribution in [-0.2, 0) is 9.53 Å². The van der Waals surface area contributed by atoms with E-state index < -0.39 is 0 Å². The summed E-state index contributed by atoms with van der Waals surface area (Å²) >= 11 is 0. The zero-order chi connectivity index (χ0) is 16.0. The molecule has 1 saturated carbocycles. The van der Waals surface area contributed by atoms with E-state index in [-0.39, 0.29) is 29.9 Å².